The van der Waals surface area contributed by atoms with Gasteiger partial charge in [-0.05, 0) is 38.7 Å². The van der Waals surface area contributed by atoms with E-state index < -0.39 is 0 Å². The fourth-order valence-electron chi connectivity index (χ4n) is 3.41. The number of aromatic nitrogens is 3. The number of methoxy groups -OCH3 is 2. The molecule has 25 heavy (non-hydrogen) atoms. The van der Waals surface area contributed by atoms with E-state index in [1.165, 1.54) is 18.4 Å². The molecule has 0 bridgehead atoms. The molecule has 128 valence electrons. The van der Waals surface area contributed by atoms with Gasteiger partial charge in [-0.2, -0.15) is 0 Å². The highest BCUT2D eigenvalue weighted by Crippen LogP contribution is 2.51. The van der Waals surface area contributed by atoms with Crippen molar-refractivity contribution >= 4 is 10.9 Å². The van der Waals surface area contributed by atoms with E-state index in [1.54, 1.807) is 14.2 Å². The van der Waals surface area contributed by atoms with E-state index in [2.05, 4.69) is 23.0 Å². The number of fused-ring (bicyclic) bond motifs is 1. The first kappa shape index (κ1) is 15.8. The first-order valence-corrected chi connectivity index (χ1v) is 8.47. The van der Waals surface area contributed by atoms with Crippen LogP contribution in [0, 0.1) is 13.8 Å². The first-order valence-electron chi connectivity index (χ1n) is 8.47. The molecule has 1 aliphatic rings. The van der Waals surface area contributed by atoms with Gasteiger partial charge in [0.15, 0.2) is 0 Å². The number of ether oxygens (including phenoxy) is 2. The number of pyridine rings is 1. The number of hydrogen-bond donors (Lipinski definition) is 0. The van der Waals surface area contributed by atoms with Crippen molar-refractivity contribution in [1.29, 1.82) is 0 Å². The van der Waals surface area contributed by atoms with E-state index in [9.17, 15) is 0 Å². The molecule has 1 saturated carbocycles. The molecule has 0 spiro atoms. The lowest BCUT2D eigenvalue weighted by molar-refractivity contribution is 0.389. The SMILES string of the molecule is COc1cc(OC)c(C2CC2)c(-c2cc3cnc(C)nc3cn2)c1C. The molecular formula is C20H21N3O2. The van der Waals surface area contributed by atoms with E-state index in [1.807, 2.05) is 25.4 Å². The molecule has 1 aromatic carbocycles. The summed E-state index contributed by atoms with van der Waals surface area (Å²) in [5, 5.41) is 0.985. The van der Waals surface area contributed by atoms with E-state index >= 15 is 0 Å². The highest BCUT2D eigenvalue weighted by Gasteiger charge is 2.32. The van der Waals surface area contributed by atoms with Crippen LogP contribution in [0.3, 0.4) is 0 Å². The van der Waals surface area contributed by atoms with Crippen molar-refractivity contribution in [3.63, 3.8) is 0 Å². The van der Waals surface area contributed by atoms with Crippen LogP contribution in [-0.4, -0.2) is 29.2 Å². The molecule has 0 atom stereocenters. The Kier molecular flexibility index (Phi) is 3.79. The number of nitrogens with zero attached hydrogens (tertiary/aromatic N) is 3. The van der Waals surface area contributed by atoms with Crippen molar-refractivity contribution < 1.29 is 9.47 Å². The third-order valence-electron chi connectivity index (χ3n) is 4.81. The predicted octanol–water partition coefficient (Wildman–Crippen LogP) is 4.20. The zero-order valence-electron chi connectivity index (χ0n) is 15.0. The molecule has 0 radical (unpaired) electrons. The fraction of sp³-hybridized carbons (Fsp3) is 0.350. The largest absolute Gasteiger partial charge is 0.496 e. The summed E-state index contributed by atoms with van der Waals surface area (Å²) in [6.07, 6.45) is 6.05. The average Bonchev–Trinajstić information content (AvgIpc) is 3.45. The lowest BCUT2D eigenvalue weighted by Gasteiger charge is -2.19. The summed E-state index contributed by atoms with van der Waals surface area (Å²) in [5.41, 5.74) is 5.21. The van der Waals surface area contributed by atoms with Crippen molar-refractivity contribution in [2.75, 3.05) is 14.2 Å². The second kappa shape index (κ2) is 5.99. The Labute approximate surface area is 147 Å². The molecule has 2 heterocycles. The van der Waals surface area contributed by atoms with E-state index in [0.717, 1.165) is 45.0 Å². The van der Waals surface area contributed by atoms with Gasteiger partial charge in [0.1, 0.15) is 17.3 Å². The van der Waals surface area contributed by atoms with Gasteiger partial charge in [0.2, 0.25) is 0 Å². The molecule has 5 nitrogen and oxygen atoms in total. The maximum atomic E-state index is 5.68. The Hall–Kier alpha value is -2.69. The second-order valence-corrected chi connectivity index (χ2v) is 6.51. The molecular weight excluding hydrogens is 314 g/mol. The lowest BCUT2D eigenvalue weighted by atomic mass is 9.93. The summed E-state index contributed by atoms with van der Waals surface area (Å²) in [4.78, 5) is 13.5. The Balaban J connectivity index is 1.99. The third-order valence-corrected chi connectivity index (χ3v) is 4.81. The average molecular weight is 335 g/mol. The molecule has 0 amide bonds. The summed E-state index contributed by atoms with van der Waals surface area (Å²) in [6.45, 7) is 3.96. The van der Waals surface area contributed by atoms with Gasteiger partial charge < -0.3 is 9.47 Å². The first-order chi connectivity index (χ1) is 12.1. The lowest BCUT2D eigenvalue weighted by Crippen LogP contribution is -2.01. The summed E-state index contributed by atoms with van der Waals surface area (Å²) in [5.74, 6) is 2.97. The monoisotopic (exact) mass is 335 g/mol. The molecule has 4 rings (SSSR count). The zero-order valence-corrected chi connectivity index (χ0v) is 15.0. The molecule has 1 fully saturated rings. The van der Waals surface area contributed by atoms with Crippen molar-refractivity contribution in [1.82, 2.24) is 15.0 Å². The topological polar surface area (TPSA) is 57.1 Å². The standard InChI is InChI=1S/C20H21N3O2/c1-11-17(24-3)8-18(25-4)20(13-5-6-13)19(11)15-7-14-9-21-12(2)23-16(14)10-22-15/h7-10,13H,5-6H2,1-4H3. The second-order valence-electron chi connectivity index (χ2n) is 6.51. The van der Waals surface area contributed by atoms with Crippen molar-refractivity contribution in [3.8, 4) is 22.8 Å². The maximum Gasteiger partial charge on any atom is 0.126 e. The minimum absolute atomic E-state index is 0.529. The Bertz CT molecular complexity index is 965. The van der Waals surface area contributed by atoms with Crippen LogP contribution in [0.15, 0.2) is 24.5 Å². The van der Waals surface area contributed by atoms with Crippen LogP contribution in [0.4, 0.5) is 0 Å². The quantitative estimate of drug-likeness (QED) is 0.715. The molecule has 0 aliphatic heterocycles. The zero-order chi connectivity index (χ0) is 17.6. The van der Waals surface area contributed by atoms with Gasteiger partial charge in [0.25, 0.3) is 0 Å². The minimum Gasteiger partial charge on any atom is -0.496 e. The highest BCUT2D eigenvalue weighted by molar-refractivity contribution is 5.84. The van der Waals surface area contributed by atoms with Crippen LogP contribution in [-0.2, 0) is 0 Å². The van der Waals surface area contributed by atoms with Gasteiger partial charge in [-0.15, -0.1) is 0 Å². The van der Waals surface area contributed by atoms with Crippen LogP contribution < -0.4 is 9.47 Å². The van der Waals surface area contributed by atoms with Gasteiger partial charge in [-0.1, -0.05) is 0 Å². The molecule has 0 N–H and O–H groups in total. The Morgan fingerprint density at radius 3 is 2.40 bits per heavy atom. The summed E-state index contributed by atoms with van der Waals surface area (Å²) in [6, 6.07) is 4.04. The summed E-state index contributed by atoms with van der Waals surface area (Å²) < 4.78 is 11.3. The number of aryl methyl sites for hydroxylation is 1. The van der Waals surface area contributed by atoms with Gasteiger partial charge in [0.05, 0.1) is 31.6 Å². The fourth-order valence-corrected chi connectivity index (χ4v) is 3.41. The molecule has 0 unspecified atom stereocenters. The van der Waals surface area contributed by atoms with Crippen LogP contribution in [0.5, 0.6) is 11.5 Å². The van der Waals surface area contributed by atoms with Crippen molar-refractivity contribution in [2.45, 2.75) is 32.6 Å². The number of rotatable bonds is 4. The number of benzene rings is 1. The van der Waals surface area contributed by atoms with Crippen LogP contribution >= 0.6 is 0 Å². The van der Waals surface area contributed by atoms with E-state index in [-0.39, 0.29) is 0 Å². The van der Waals surface area contributed by atoms with Gasteiger partial charge in [0, 0.05) is 34.3 Å². The van der Waals surface area contributed by atoms with Crippen molar-refractivity contribution in [3.05, 3.63) is 41.5 Å². The van der Waals surface area contributed by atoms with E-state index in [4.69, 9.17) is 14.5 Å². The van der Waals surface area contributed by atoms with Crippen molar-refractivity contribution in [2.24, 2.45) is 0 Å². The minimum atomic E-state index is 0.529. The van der Waals surface area contributed by atoms with Gasteiger partial charge >= 0.3 is 0 Å². The molecule has 0 saturated heterocycles. The van der Waals surface area contributed by atoms with Crippen LogP contribution in [0.1, 0.15) is 35.7 Å². The van der Waals surface area contributed by atoms with Gasteiger partial charge in [-0.25, -0.2) is 9.97 Å². The van der Waals surface area contributed by atoms with Gasteiger partial charge in [-0.3, -0.25) is 4.98 Å². The normalized spacial score (nSPS) is 13.9. The molecule has 5 heteroatoms. The van der Waals surface area contributed by atoms with Crippen LogP contribution in [0.2, 0.25) is 0 Å². The summed E-state index contributed by atoms with van der Waals surface area (Å²) >= 11 is 0. The Morgan fingerprint density at radius 2 is 1.72 bits per heavy atom. The molecule has 3 aromatic rings. The molecule has 1 aliphatic carbocycles. The number of hydrogen-bond acceptors (Lipinski definition) is 5. The van der Waals surface area contributed by atoms with Crippen LogP contribution in [0.25, 0.3) is 22.2 Å². The van der Waals surface area contributed by atoms with E-state index in [0.29, 0.717) is 5.92 Å². The third kappa shape index (κ3) is 2.69. The molecule has 2 aromatic heterocycles. The summed E-state index contributed by atoms with van der Waals surface area (Å²) in [7, 11) is 3.40. The Morgan fingerprint density at radius 1 is 0.960 bits per heavy atom. The smallest absolute Gasteiger partial charge is 0.126 e. The predicted molar refractivity (Wildman–Crippen MR) is 97.3 cm³/mol. The highest BCUT2D eigenvalue weighted by atomic mass is 16.5. The maximum absolute atomic E-state index is 5.68.